The third-order valence-electron chi connectivity index (χ3n) is 3.12. The summed E-state index contributed by atoms with van der Waals surface area (Å²) in [4.78, 5) is 0. The van der Waals surface area contributed by atoms with Crippen LogP contribution in [0.25, 0.3) is 0 Å². The lowest BCUT2D eigenvalue weighted by atomic mass is 9.92. The smallest absolute Gasteiger partial charge is 0.141 e. The molecule has 0 aromatic heterocycles. The first-order valence-corrected chi connectivity index (χ1v) is 6.42. The predicted molar refractivity (Wildman–Crippen MR) is 75.9 cm³/mol. The number of anilines is 1. The first-order valence-electron chi connectivity index (χ1n) is 6.05. The van der Waals surface area contributed by atoms with E-state index in [9.17, 15) is 13.9 Å². The van der Waals surface area contributed by atoms with E-state index in [1.807, 2.05) is 0 Å². The van der Waals surface area contributed by atoms with Gasteiger partial charge in [0.15, 0.2) is 0 Å². The number of aliphatic hydroxyl groups is 1. The van der Waals surface area contributed by atoms with Crippen molar-refractivity contribution < 1.29 is 13.9 Å². The molecule has 0 radical (unpaired) electrons. The summed E-state index contributed by atoms with van der Waals surface area (Å²) >= 11 is 5.76. The second-order valence-corrected chi connectivity index (χ2v) is 5.16. The van der Waals surface area contributed by atoms with Gasteiger partial charge in [-0.1, -0.05) is 23.7 Å². The Morgan fingerprint density at radius 3 is 2.55 bits per heavy atom. The summed E-state index contributed by atoms with van der Waals surface area (Å²) in [5, 5.41) is 12.6. The molecule has 0 fully saturated rings. The highest BCUT2D eigenvalue weighted by atomic mass is 35.5. The zero-order valence-electron chi connectivity index (χ0n) is 10.8. The number of nitrogens with one attached hydrogen (secondary N) is 1. The van der Waals surface area contributed by atoms with Gasteiger partial charge in [0, 0.05) is 5.69 Å². The van der Waals surface area contributed by atoms with Crippen LogP contribution in [-0.4, -0.2) is 11.7 Å². The van der Waals surface area contributed by atoms with Crippen molar-refractivity contribution in [2.24, 2.45) is 0 Å². The molecule has 5 heteroatoms. The Hall–Kier alpha value is -1.65. The Balaban J connectivity index is 2.35. The minimum Gasteiger partial charge on any atom is -0.394 e. The Morgan fingerprint density at radius 1 is 1.20 bits per heavy atom. The number of rotatable bonds is 4. The standard InChI is InChI=1S/C15H14ClF2NO/c1-15(9-20,10-5-6-14(18)13(16)7-10)19-12-4-2-3-11(17)8-12/h2-8,19-20H,9H2,1H3. The molecular formula is C15H14ClF2NO. The molecule has 0 spiro atoms. The fourth-order valence-corrected chi connectivity index (χ4v) is 2.11. The molecule has 0 aliphatic carbocycles. The molecule has 1 atom stereocenters. The van der Waals surface area contributed by atoms with Crippen molar-refractivity contribution in [3.05, 3.63) is 64.7 Å². The van der Waals surface area contributed by atoms with Gasteiger partial charge in [-0.3, -0.25) is 0 Å². The van der Waals surface area contributed by atoms with Crippen LogP contribution in [0.15, 0.2) is 42.5 Å². The van der Waals surface area contributed by atoms with Gasteiger partial charge in [-0.2, -0.15) is 0 Å². The van der Waals surface area contributed by atoms with Crippen LogP contribution in [0.4, 0.5) is 14.5 Å². The van der Waals surface area contributed by atoms with Crippen molar-refractivity contribution in [3.63, 3.8) is 0 Å². The first kappa shape index (κ1) is 14.8. The molecule has 1 unspecified atom stereocenters. The van der Waals surface area contributed by atoms with Crippen LogP contribution in [0.1, 0.15) is 12.5 Å². The molecule has 0 bridgehead atoms. The van der Waals surface area contributed by atoms with E-state index in [1.165, 1.54) is 30.3 Å². The van der Waals surface area contributed by atoms with Crippen molar-refractivity contribution in [3.8, 4) is 0 Å². The van der Waals surface area contributed by atoms with Crippen molar-refractivity contribution in [2.45, 2.75) is 12.5 Å². The zero-order valence-corrected chi connectivity index (χ0v) is 11.6. The van der Waals surface area contributed by atoms with Gasteiger partial charge in [0.2, 0.25) is 0 Å². The monoisotopic (exact) mass is 297 g/mol. The van der Waals surface area contributed by atoms with Gasteiger partial charge in [-0.05, 0) is 42.8 Å². The SMILES string of the molecule is CC(CO)(Nc1cccc(F)c1)c1ccc(F)c(Cl)c1. The molecule has 0 heterocycles. The van der Waals surface area contributed by atoms with E-state index in [0.29, 0.717) is 11.3 Å². The molecule has 0 saturated carbocycles. The molecular weight excluding hydrogens is 284 g/mol. The van der Waals surface area contributed by atoms with Gasteiger partial charge >= 0.3 is 0 Å². The summed E-state index contributed by atoms with van der Waals surface area (Å²) in [5.41, 5.74) is 0.225. The normalized spacial score (nSPS) is 13.8. The average molecular weight is 298 g/mol. The van der Waals surface area contributed by atoms with Gasteiger partial charge in [0.05, 0.1) is 17.2 Å². The van der Waals surface area contributed by atoms with Gasteiger partial charge in [0.25, 0.3) is 0 Å². The highest BCUT2D eigenvalue weighted by molar-refractivity contribution is 6.30. The van der Waals surface area contributed by atoms with Crippen molar-refractivity contribution in [1.29, 1.82) is 0 Å². The van der Waals surface area contributed by atoms with Gasteiger partial charge in [0.1, 0.15) is 11.6 Å². The lowest BCUT2D eigenvalue weighted by Gasteiger charge is -2.30. The van der Waals surface area contributed by atoms with E-state index >= 15 is 0 Å². The maximum Gasteiger partial charge on any atom is 0.141 e. The minimum absolute atomic E-state index is 0.0248. The lowest BCUT2D eigenvalue weighted by molar-refractivity contribution is 0.224. The maximum atomic E-state index is 13.2. The van der Waals surface area contributed by atoms with Crippen LogP contribution < -0.4 is 5.32 Å². The van der Waals surface area contributed by atoms with Crippen LogP contribution in [0.3, 0.4) is 0 Å². The third kappa shape index (κ3) is 3.08. The molecule has 2 rings (SSSR count). The predicted octanol–water partition coefficient (Wildman–Crippen LogP) is 3.94. The summed E-state index contributed by atoms with van der Waals surface area (Å²) < 4.78 is 26.4. The molecule has 2 N–H and O–H groups in total. The van der Waals surface area contributed by atoms with E-state index in [0.717, 1.165) is 0 Å². The van der Waals surface area contributed by atoms with E-state index in [2.05, 4.69) is 5.32 Å². The molecule has 0 aliphatic rings. The van der Waals surface area contributed by atoms with Crippen molar-refractivity contribution >= 4 is 17.3 Å². The summed E-state index contributed by atoms with van der Waals surface area (Å²) in [7, 11) is 0. The van der Waals surface area contributed by atoms with Crippen LogP contribution in [0.2, 0.25) is 5.02 Å². The summed E-state index contributed by atoms with van der Waals surface area (Å²) in [5.74, 6) is -0.908. The number of hydrogen-bond acceptors (Lipinski definition) is 2. The van der Waals surface area contributed by atoms with Crippen LogP contribution in [0, 0.1) is 11.6 Å². The number of aliphatic hydroxyl groups excluding tert-OH is 1. The van der Waals surface area contributed by atoms with E-state index in [4.69, 9.17) is 11.6 Å². The molecule has 0 saturated heterocycles. The molecule has 2 aromatic rings. The quantitative estimate of drug-likeness (QED) is 0.896. The van der Waals surface area contributed by atoms with E-state index < -0.39 is 11.4 Å². The first-order chi connectivity index (χ1) is 9.44. The second kappa shape index (κ2) is 5.77. The minimum atomic E-state index is -0.898. The highest BCUT2D eigenvalue weighted by Gasteiger charge is 2.26. The molecule has 2 aromatic carbocycles. The van der Waals surface area contributed by atoms with Gasteiger partial charge < -0.3 is 10.4 Å². The van der Waals surface area contributed by atoms with E-state index in [1.54, 1.807) is 19.1 Å². The lowest BCUT2D eigenvalue weighted by Crippen LogP contribution is -2.35. The summed E-state index contributed by atoms with van der Waals surface area (Å²) in [6.45, 7) is 1.47. The van der Waals surface area contributed by atoms with Crippen LogP contribution >= 0.6 is 11.6 Å². The molecule has 20 heavy (non-hydrogen) atoms. The van der Waals surface area contributed by atoms with Crippen LogP contribution in [0.5, 0.6) is 0 Å². The zero-order chi connectivity index (χ0) is 14.8. The number of hydrogen-bond donors (Lipinski definition) is 2. The molecule has 2 nitrogen and oxygen atoms in total. The molecule has 0 amide bonds. The van der Waals surface area contributed by atoms with Gasteiger partial charge in [-0.15, -0.1) is 0 Å². The highest BCUT2D eigenvalue weighted by Crippen LogP contribution is 2.29. The van der Waals surface area contributed by atoms with Crippen molar-refractivity contribution in [2.75, 3.05) is 11.9 Å². The number of halogens is 3. The second-order valence-electron chi connectivity index (χ2n) is 4.75. The largest absolute Gasteiger partial charge is 0.394 e. The number of benzene rings is 2. The Labute approximate surface area is 121 Å². The third-order valence-corrected chi connectivity index (χ3v) is 3.41. The molecule has 0 aliphatic heterocycles. The Bertz CT molecular complexity index is 621. The Morgan fingerprint density at radius 2 is 1.95 bits per heavy atom. The fraction of sp³-hybridized carbons (Fsp3) is 0.200. The van der Waals surface area contributed by atoms with Crippen molar-refractivity contribution in [1.82, 2.24) is 0 Å². The van der Waals surface area contributed by atoms with E-state index in [-0.39, 0.29) is 17.4 Å². The summed E-state index contributed by atoms with van der Waals surface area (Å²) in [6, 6.07) is 10.1. The molecule has 106 valence electrons. The summed E-state index contributed by atoms with van der Waals surface area (Å²) in [6.07, 6.45) is 0. The fourth-order valence-electron chi connectivity index (χ4n) is 1.93. The Kier molecular flexibility index (Phi) is 4.26. The maximum absolute atomic E-state index is 13.2. The topological polar surface area (TPSA) is 32.3 Å². The van der Waals surface area contributed by atoms with Crippen LogP contribution in [-0.2, 0) is 5.54 Å². The van der Waals surface area contributed by atoms with Gasteiger partial charge in [-0.25, -0.2) is 8.78 Å². The average Bonchev–Trinajstić information content (AvgIpc) is 2.41.